The van der Waals surface area contributed by atoms with Crippen molar-refractivity contribution in [1.82, 2.24) is 0 Å². The van der Waals surface area contributed by atoms with E-state index in [1.807, 2.05) is 0 Å². The van der Waals surface area contributed by atoms with Crippen molar-refractivity contribution in [3.8, 4) is 5.75 Å². The molecule has 1 rings (SSSR count). The number of alkyl halides is 3. The molecule has 5 nitrogen and oxygen atoms in total. The second-order valence-corrected chi connectivity index (χ2v) is 4.08. The van der Waals surface area contributed by atoms with Crippen LogP contribution in [-0.4, -0.2) is 28.3 Å². The summed E-state index contributed by atoms with van der Waals surface area (Å²) in [7, 11) is 0. The van der Waals surface area contributed by atoms with Crippen LogP contribution in [0.1, 0.15) is 24.2 Å². The maximum absolute atomic E-state index is 12.2. The van der Waals surface area contributed by atoms with Crippen LogP contribution >= 0.6 is 0 Å². The van der Waals surface area contributed by atoms with Crippen LogP contribution < -0.4 is 4.74 Å². The Labute approximate surface area is 111 Å². The van der Waals surface area contributed by atoms with Crippen LogP contribution in [0.5, 0.6) is 5.75 Å². The van der Waals surface area contributed by atoms with Gasteiger partial charge in [-0.15, -0.1) is 13.2 Å². The molecule has 0 aromatic heterocycles. The lowest BCUT2D eigenvalue weighted by atomic mass is 10.0. The molecule has 0 aliphatic heterocycles. The number of Topliss-reactive ketones (excluding diaryl/α,β-unsaturated/α-hetero) is 1. The molecule has 0 fully saturated rings. The molecule has 0 aliphatic carbocycles. The number of aliphatic hydroxyl groups is 1. The molecular formula is C12H11F3O5. The number of halogens is 3. The van der Waals surface area contributed by atoms with E-state index >= 15 is 0 Å². The van der Waals surface area contributed by atoms with Gasteiger partial charge in [0.15, 0.2) is 6.10 Å². The Morgan fingerprint density at radius 3 is 2.35 bits per heavy atom. The first kappa shape index (κ1) is 16.0. The Morgan fingerprint density at radius 1 is 1.30 bits per heavy atom. The molecule has 110 valence electrons. The fraction of sp³-hybridized carbons (Fsp3) is 0.333. The van der Waals surface area contributed by atoms with Crippen molar-refractivity contribution in [3.05, 3.63) is 29.3 Å². The minimum absolute atomic E-state index is 0.120. The number of carbonyl (C=O) groups is 2. The summed E-state index contributed by atoms with van der Waals surface area (Å²) in [5.74, 6) is -2.64. The lowest BCUT2D eigenvalue weighted by molar-refractivity contribution is -0.274. The van der Waals surface area contributed by atoms with Gasteiger partial charge >= 0.3 is 12.3 Å². The molecule has 0 saturated heterocycles. The van der Waals surface area contributed by atoms with Gasteiger partial charge in [0.25, 0.3) is 0 Å². The van der Waals surface area contributed by atoms with Gasteiger partial charge in [-0.2, -0.15) is 0 Å². The predicted molar refractivity (Wildman–Crippen MR) is 60.1 cm³/mol. The lowest BCUT2D eigenvalue weighted by Gasteiger charge is -2.13. The summed E-state index contributed by atoms with van der Waals surface area (Å²) in [5.41, 5.74) is -0.176. The number of benzene rings is 1. The second kappa shape index (κ2) is 5.91. The summed E-state index contributed by atoms with van der Waals surface area (Å²) in [6.07, 6.45) is -7.16. The van der Waals surface area contributed by atoms with Gasteiger partial charge in [0.1, 0.15) is 11.5 Å². The van der Waals surface area contributed by atoms with Crippen LogP contribution in [0.2, 0.25) is 0 Å². The van der Waals surface area contributed by atoms with Crippen molar-refractivity contribution in [1.29, 1.82) is 0 Å². The van der Waals surface area contributed by atoms with E-state index in [-0.39, 0.29) is 23.3 Å². The van der Waals surface area contributed by atoms with E-state index in [0.717, 1.165) is 18.2 Å². The van der Waals surface area contributed by atoms with Gasteiger partial charge in [-0.3, -0.25) is 4.79 Å². The Bertz CT molecular complexity index is 524. The monoisotopic (exact) mass is 292 g/mol. The van der Waals surface area contributed by atoms with Crippen molar-refractivity contribution >= 4 is 11.8 Å². The SMILES string of the molecule is CC(=O)Cc1cc(OC(F)(F)F)cc(C(O)C(=O)O)c1. The van der Waals surface area contributed by atoms with Crippen molar-refractivity contribution in [2.24, 2.45) is 0 Å². The van der Waals surface area contributed by atoms with E-state index < -0.39 is 24.2 Å². The Kier molecular flexibility index (Phi) is 4.72. The third-order valence-electron chi connectivity index (χ3n) is 2.22. The molecular weight excluding hydrogens is 281 g/mol. The Hall–Kier alpha value is -2.09. The highest BCUT2D eigenvalue weighted by molar-refractivity contribution is 5.79. The van der Waals surface area contributed by atoms with Crippen LogP contribution in [0.15, 0.2) is 18.2 Å². The first-order valence-electron chi connectivity index (χ1n) is 5.38. The molecule has 2 N–H and O–H groups in total. The van der Waals surface area contributed by atoms with Crippen LogP contribution in [0.4, 0.5) is 13.2 Å². The molecule has 1 atom stereocenters. The zero-order chi connectivity index (χ0) is 15.5. The lowest BCUT2D eigenvalue weighted by Crippen LogP contribution is -2.18. The number of aliphatic carboxylic acids is 1. The number of hydrogen-bond acceptors (Lipinski definition) is 4. The number of rotatable bonds is 5. The van der Waals surface area contributed by atoms with Gasteiger partial charge in [-0.25, -0.2) is 4.79 Å². The summed E-state index contributed by atoms with van der Waals surface area (Å²) in [6.45, 7) is 1.23. The Balaban J connectivity index is 3.20. The second-order valence-electron chi connectivity index (χ2n) is 4.08. The van der Waals surface area contributed by atoms with Gasteiger partial charge in [0, 0.05) is 6.42 Å². The fourth-order valence-corrected chi connectivity index (χ4v) is 1.57. The predicted octanol–water partition coefficient (Wildman–Crippen LogP) is 1.83. The molecule has 0 radical (unpaired) electrons. The van der Waals surface area contributed by atoms with Gasteiger partial charge < -0.3 is 14.9 Å². The first-order chi connectivity index (χ1) is 9.08. The van der Waals surface area contributed by atoms with Crippen molar-refractivity contribution < 1.29 is 37.7 Å². The molecule has 0 aliphatic rings. The molecule has 0 spiro atoms. The van der Waals surface area contributed by atoms with E-state index in [0.29, 0.717) is 0 Å². The van der Waals surface area contributed by atoms with Crippen molar-refractivity contribution in [2.45, 2.75) is 25.8 Å². The summed E-state index contributed by atoms with van der Waals surface area (Å²) < 4.78 is 40.2. The largest absolute Gasteiger partial charge is 0.573 e. The van der Waals surface area contributed by atoms with Gasteiger partial charge in [-0.05, 0) is 30.2 Å². The van der Waals surface area contributed by atoms with E-state index in [4.69, 9.17) is 5.11 Å². The van der Waals surface area contributed by atoms with Crippen LogP contribution in [-0.2, 0) is 16.0 Å². The molecule has 1 aromatic carbocycles. The molecule has 0 amide bonds. The normalized spacial score (nSPS) is 12.8. The van der Waals surface area contributed by atoms with Crippen LogP contribution in [0.3, 0.4) is 0 Å². The smallest absolute Gasteiger partial charge is 0.479 e. The number of ketones is 1. The molecule has 0 heterocycles. The maximum Gasteiger partial charge on any atom is 0.573 e. The minimum Gasteiger partial charge on any atom is -0.479 e. The molecule has 0 bridgehead atoms. The highest BCUT2D eigenvalue weighted by Gasteiger charge is 2.31. The van der Waals surface area contributed by atoms with Gasteiger partial charge in [-0.1, -0.05) is 6.07 Å². The summed E-state index contributed by atoms with van der Waals surface area (Å²) >= 11 is 0. The average molecular weight is 292 g/mol. The van der Waals surface area contributed by atoms with Crippen molar-refractivity contribution in [2.75, 3.05) is 0 Å². The van der Waals surface area contributed by atoms with E-state index in [1.165, 1.54) is 6.92 Å². The van der Waals surface area contributed by atoms with Crippen LogP contribution in [0.25, 0.3) is 0 Å². The van der Waals surface area contributed by atoms with Crippen LogP contribution in [0, 0.1) is 0 Å². The molecule has 0 saturated carbocycles. The number of carbonyl (C=O) groups excluding carboxylic acids is 1. The maximum atomic E-state index is 12.2. The highest BCUT2D eigenvalue weighted by atomic mass is 19.4. The average Bonchev–Trinajstić information content (AvgIpc) is 2.23. The Morgan fingerprint density at radius 2 is 1.90 bits per heavy atom. The fourth-order valence-electron chi connectivity index (χ4n) is 1.57. The molecule has 1 unspecified atom stereocenters. The topological polar surface area (TPSA) is 83.8 Å². The van der Waals surface area contributed by atoms with E-state index in [2.05, 4.69) is 4.74 Å². The minimum atomic E-state index is -4.96. The molecule has 8 heteroatoms. The summed E-state index contributed by atoms with van der Waals surface area (Å²) in [5, 5.41) is 18.0. The van der Waals surface area contributed by atoms with Gasteiger partial charge in [0.05, 0.1) is 0 Å². The highest BCUT2D eigenvalue weighted by Crippen LogP contribution is 2.28. The zero-order valence-electron chi connectivity index (χ0n) is 10.3. The number of hydrogen-bond donors (Lipinski definition) is 2. The first-order valence-corrected chi connectivity index (χ1v) is 5.38. The zero-order valence-corrected chi connectivity index (χ0v) is 10.3. The van der Waals surface area contributed by atoms with E-state index in [1.54, 1.807) is 0 Å². The number of aliphatic hydroxyl groups excluding tert-OH is 1. The molecule has 20 heavy (non-hydrogen) atoms. The quantitative estimate of drug-likeness (QED) is 0.865. The number of ether oxygens (including phenoxy) is 1. The standard InChI is InChI=1S/C12H11F3O5/c1-6(16)2-7-3-8(10(17)11(18)19)5-9(4-7)20-12(13,14)15/h3-5,10,17H,2H2,1H3,(H,18,19). The summed E-state index contributed by atoms with van der Waals surface area (Å²) in [6, 6.07) is 2.87. The van der Waals surface area contributed by atoms with Crippen molar-refractivity contribution in [3.63, 3.8) is 0 Å². The van der Waals surface area contributed by atoms with E-state index in [9.17, 15) is 27.9 Å². The summed E-state index contributed by atoms with van der Waals surface area (Å²) in [4.78, 5) is 21.6. The number of carboxylic acid groups (broad SMARTS) is 1. The third kappa shape index (κ3) is 4.88. The van der Waals surface area contributed by atoms with Gasteiger partial charge in [0.2, 0.25) is 0 Å². The number of carboxylic acids is 1. The third-order valence-corrected chi connectivity index (χ3v) is 2.22. The molecule has 1 aromatic rings.